The van der Waals surface area contributed by atoms with Crippen LogP contribution in [0.25, 0.3) is 39.0 Å². The van der Waals surface area contributed by atoms with Gasteiger partial charge in [0.05, 0.1) is 11.1 Å². The highest BCUT2D eigenvalue weighted by Crippen LogP contribution is 2.65. The number of nitrogens with zero attached hydrogens (tertiary/aromatic N) is 1. The van der Waals surface area contributed by atoms with Gasteiger partial charge in [0.25, 0.3) is 0 Å². The van der Waals surface area contributed by atoms with Crippen LogP contribution in [0.1, 0.15) is 64.6 Å². The van der Waals surface area contributed by atoms with Crippen LogP contribution >= 0.6 is 0 Å². The van der Waals surface area contributed by atoms with Crippen LogP contribution < -0.4 is 19.7 Å². The maximum atomic E-state index is 7.28. The first-order valence-electron chi connectivity index (χ1n) is 23.5. The quantitative estimate of drug-likeness (QED) is 0.181. The van der Waals surface area contributed by atoms with Gasteiger partial charge in [0.1, 0.15) is 0 Å². The number of fused-ring (bicyclic) bond motifs is 15. The molecule has 4 aliphatic carbocycles. The Kier molecular flexibility index (Phi) is 8.27. The molecule has 4 nitrogen and oxygen atoms in total. The Morgan fingerprint density at radius 1 is 0.493 bits per heavy atom. The van der Waals surface area contributed by atoms with Crippen LogP contribution in [0.4, 0.5) is 28.4 Å². The van der Waals surface area contributed by atoms with Crippen molar-refractivity contribution in [3.05, 3.63) is 251 Å². The molecule has 318 valence electrons. The molecule has 0 amide bonds. The highest BCUT2D eigenvalue weighted by atomic mass is 16.6. The van der Waals surface area contributed by atoms with Crippen molar-refractivity contribution >= 4 is 34.0 Å². The summed E-state index contributed by atoms with van der Waals surface area (Å²) < 4.78 is 14.4. The molecule has 0 saturated carbocycles. The second-order valence-corrected chi connectivity index (χ2v) is 18.3. The van der Waals surface area contributed by atoms with Crippen LogP contribution in [0.15, 0.2) is 212 Å². The van der Waals surface area contributed by atoms with Gasteiger partial charge in [0, 0.05) is 34.2 Å². The van der Waals surface area contributed by atoms with Crippen LogP contribution in [0.5, 0.6) is 23.0 Å². The molecule has 1 aliphatic heterocycles. The van der Waals surface area contributed by atoms with E-state index in [-0.39, 0.29) is 5.92 Å². The van der Waals surface area contributed by atoms with Gasteiger partial charge >= 0.3 is 0 Å². The summed E-state index contributed by atoms with van der Waals surface area (Å²) in [4.78, 5) is 2.36. The lowest BCUT2D eigenvalue weighted by atomic mass is 9.70. The van der Waals surface area contributed by atoms with Crippen LogP contribution in [0.2, 0.25) is 0 Å². The number of para-hydroxylation sites is 2. The van der Waals surface area contributed by atoms with Crippen molar-refractivity contribution in [1.29, 1.82) is 0 Å². The van der Waals surface area contributed by atoms with E-state index in [2.05, 4.69) is 223 Å². The van der Waals surface area contributed by atoms with Crippen molar-refractivity contribution in [2.24, 2.45) is 0 Å². The minimum Gasteiger partial charge on any atom is -0.449 e. The summed E-state index contributed by atoms with van der Waals surface area (Å²) in [6, 6.07) is 70.5. The Morgan fingerprint density at radius 2 is 1.13 bits per heavy atom. The van der Waals surface area contributed by atoms with Crippen LogP contribution in [0, 0.1) is 0 Å². The summed E-state index contributed by atoms with van der Waals surface area (Å²) in [6.07, 6.45) is 8.65. The number of ether oxygens (including phenoxy) is 2. The molecule has 67 heavy (non-hydrogen) atoms. The first-order chi connectivity index (χ1) is 33.1. The summed E-state index contributed by atoms with van der Waals surface area (Å²) in [5.41, 5.74) is 22.4. The van der Waals surface area contributed by atoms with Crippen molar-refractivity contribution in [2.75, 3.05) is 10.2 Å². The van der Waals surface area contributed by atoms with Gasteiger partial charge in [-0.2, -0.15) is 0 Å². The molecule has 5 aliphatic rings. The molecule has 0 fully saturated rings. The predicted molar refractivity (Wildman–Crippen MR) is 273 cm³/mol. The highest BCUT2D eigenvalue weighted by Gasteiger charge is 2.52. The maximum Gasteiger partial charge on any atom is 0.194 e. The van der Waals surface area contributed by atoms with Gasteiger partial charge in [-0.1, -0.05) is 153 Å². The molecular formula is C63H44N2O2. The third-order valence-corrected chi connectivity index (χ3v) is 14.8. The zero-order chi connectivity index (χ0) is 44.2. The molecular weight excluding hydrogens is 817 g/mol. The van der Waals surface area contributed by atoms with Gasteiger partial charge in [-0.05, 0) is 152 Å². The molecule has 1 heterocycles. The number of allylic oxidation sites excluding steroid dienone is 4. The van der Waals surface area contributed by atoms with E-state index < -0.39 is 5.41 Å². The summed E-state index contributed by atoms with van der Waals surface area (Å²) in [5.74, 6) is 3.02. The summed E-state index contributed by atoms with van der Waals surface area (Å²) in [7, 11) is 0. The fraction of sp³-hybridized carbons (Fsp3) is 0.0794. The molecule has 1 atom stereocenters. The lowest BCUT2D eigenvalue weighted by molar-refractivity contribution is 0.360. The predicted octanol–water partition coefficient (Wildman–Crippen LogP) is 17.0. The zero-order valence-corrected chi connectivity index (χ0v) is 37.0. The zero-order valence-electron chi connectivity index (χ0n) is 37.0. The van der Waals surface area contributed by atoms with Crippen molar-refractivity contribution in [2.45, 2.75) is 31.1 Å². The van der Waals surface area contributed by atoms with E-state index in [4.69, 9.17) is 9.47 Å². The van der Waals surface area contributed by atoms with E-state index in [1.165, 1.54) is 72.3 Å². The molecule has 14 rings (SSSR count). The van der Waals surface area contributed by atoms with E-state index in [9.17, 15) is 0 Å². The topological polar surface area (TPSA) is 33.7 Å². The molecule has 4 heteroatoms. The van der Waals surface area contributed by atoms with Crippen molar-refractivity contribution in [1.82, 2.24) is 0 Å². The van der Waals surface area contributed by atoms with Gasteiger partial charge in [0.15, 0.2) is 23.0 Å². The van der Waals surface area contributed by atoms with E-state index in [0.717, 1.165) is 46.8 Å². The number of benzene rings is 9. The third kappa shape index (κ3) is 5.53. The second kappa shape index (κ2) is 14.6. The maximum absolute atomic E-state index is 7.28. The summed E-state index contributed by atoms with van der Waals surface area (Å²) in [5, 5.41) is 3.75. The van der Waals surface area contributed by atoms with Crippen LogP contribution in [0.3, 0.4) is 0 Å². The van der Waals surface area contributed by atoms with Gasteiger partial charge < -0.3 is 19.7 Å². The Labute approximate surface area is 390 Å². The second-order valence-electron chi connectivity index (χ2n) is 18.3. The molecule has 0 aromatic heterocycles. The number of rotatable bonds is 6. The van der Waals surface area contributed by atoms with E-state index in [0.29, 0.717) is 23.0 Å². The van der Waals surface area contributed by atoms with Gasteiger partial charge in [-0.3, -0.25) is 0 Å². The molecule has 9 aromatic carbocycles. The SMILES string of the molecule is CC1c2ccccc2-c2ccc(N(c3ccc(Nc4ccccc4)c(C4=CC=CCC4)c3)c3cccc4c3Oc3cc5c(cc3O4)C3(c4ccccc4-c4ccccc43)c3ccccc3-5)cc21. The highest BCUT2D eigenvalue weighted by molar-refractivity contribution is 5.97. The molecule has 1 unspecified atom stereocenters. The average molecular weight is 861 g/mol. The molecule has 0 bridgehead atoms. The van der Waals surface area contributed by atoms with Crippen molar-refractivity contribution in [3.63, 3.8) is 0 Å². The van der Waals surface area contributed by atoms with Gasteiger partial charge in [-0.25, -0.2) is 0 Å². The fourth-order valence-corrected chi connectivity index (χ4v) is 11.9. The van der Waals surface area contributed by atoms with E-state index in [1.807, 2.05) is 6.07 Å². The lowest BCUT2D eigenvalue weighted by Crippen LogP contribution is -2.25. The van der Waals surface area contributed by atoms with Crippen LogP contribution in [-0.4, -0.2) is 0 Å². The monoisotopic (exact) mass is 860 g/mol. The molecule has 1 spiro atoms. The molecule has 0 saturated heterocycles. The number of hydrogen-bond acceptors (Lipinski definition) is 4. The van der Waals surface area contributed by atoms with Crippen molar-refractivity contribution in [3.8, 4) is 56.4 Å². The number of hydrogen-bond donors (Lipinski definition) is 1. The first-order valence-corrected chi connectivity index (χ1v) is 23.5. The minimum absolute atomic E-state index is 0.253. The summed E-state index contributed by atoms with van der Waals surface area (Å²) in [6.45, 7) is 2.33. The number of anilines is 5. The fourth-order valence-electron chi connectivity index (χ4n) is 11.9. The Bertz CT molecular complexity index is 3560. The Morgan fingerprint density at radius 3 is 1.88 bits per heavy atom. The number of nitrogens with one attached hydrogen (secondary N) is 1. The van der Waals surface area contributed by atoms with E-state index in [1.54, 1.807) is 0 Å². The van der Waals surface area contributed by atoms with Gasteiger partial charge in [-0.15, -0.1) is 0 Å². The first kappa shape index (κ1) is 38.0. The van der Waals surface area contributed by atoms with E-state index >= 15 is 0 Å². The lowest BCUT2D eigenvalue weighted by Gasteiger charge is -2.33. The Hall–Kier alpha value is -8.34. The summed E-state index contributed by atoms with van der Waals surface area (Å²) >= 11 is 0. The largest absolute Gasteiger partial charge is 0.449 e. The van der Waals surface area contributed by atoms with Crippen molar-refractivity contribution < 1.29 is 9.47 Å². The average Bonchev–Trinajstić information content (AvgIpc) is 3.96. The standard InChI is InChI=1S/C63H44N2O2/c1-39-44-21-8-9-22-45(44)46-33-31-42(35-50(39)46)65(43-32-34-57(64-41-19-6-3-7-20-41)51(36-43)40-17-4-2-5-18-40)58-29-16-30-59-62(58)67-60-37-52-49-25-12-15-28-55(49)63(56(52)38-61(60)66-59)53-26-13-10-23-47(53)48-24-11-14-27-54(48)63/h2-4,6-17,19-39,64H,5,18H2,1H3. The minimum atomic E-state index is -0.483. The Balaban J connectivity index is 0.942. The molecule has 9 aromatic rings. The molecule has 1 N–H and O–H groups in total. The van der Waals surface area contributed by atoms with Gasteiger partial charge in [0.2, 0.25) is 0 Å². The smallest absolute Gasteiger partial charge is 0.194 e. The third-order valence-electron chi connectivity index (χ3n) is 14.8. The normalized spacial score (nSPS) is 15.7. The molecule has 0 radical (unpaired) electrons. The van der Waals surface area contributed by atoms with Crippen LogP contribution in [-0.2, 0) is 5.41 Å².